The molecule has 3 rings (SSSR count). The fraction of sp³-hybridized carbons (Fsp3) is 0.235. The van der Waals surface area contributed by atoms with E-state index >= 15 is 0 Å². The highest BCUT2D eigenvalue weighted by Gasteiger charge is 2.25. The van der Waals surface area contributed by atoms with Gasteiger partial charge in [-0.25, -0.2) is 0 Å². The number of carbonyl (C=O) groups is 2. The van der Waals surface area contributed by atoms with Gasteiger partial charge in [0, 0.05) is 36.3 Å². The summed E-state index contributed by atoms with van der Waals surface area (Å²) in [6, 6.07) is 8.59. The van der Waals surface area contributed by atoms with Gasteiger partial charge in [-0.2, -0.15) is 0 Å². The number of hydrogen-bond acceptors (Lipinski definition) is 4. The molecule has 2 heterocycles. The van der Waals surface area contributed by atoms with E-state index in [2.05, 4.69) is 10.3 Å². The maximum Gasteiger partial charge on any atom is 0.265 e. The molecule has 1 N–H and O–H groups in total. The Labute approximate surface area is 134 Å². The van der Waals surface area contributed by atoms with E-state index in [1.54, 1.807) is 47.6 Å². The van der Waals surface area contributed by atoms with Crippen LogP contribution in [-0.2, 0) is 4.79 Å². The molecule has 0 unspecified atom stereocenters. The molecule has 1 aromatic heterocycles. The molecule has 0 radical (unpaired) electrons. The Morgan fingerprint density at radius 1 is 1.30 bits per heavy atom. The molecular weight excluding hydrogens is 294 g/mol. The number of fused-ring (bicyclic) bond motifs is 1. The number of pyridine rings is 1. The van der Waals surface area contributed by atoms with Gasteiger partial charge in [-0.05, 0) is 30.7 Å². The molecule has 6 nitrogen and oxygen atoms in total. The predicted octanol–water partition coefficient (Wildman–Crippen LogP) is 2.47. The zero-order valence-corrected chi connectivity index (χ0v) is 12.8. The van der Waals surface area contributed by atoms with E-state index in [1.165, 1.54) is 0 Å². The molecular formula is C17H17N3O3. The second-order valence-corrected chi connectivity index (χ2v) is 5.21. The van der Waals surface area contributed by atoms with Gasteiger partial charge in [0.2, 0.25) is 0 Å². The lowest BCUT2D eigenvalue weighted by atomic mass is 10.2. The van der Waals surface area contributed by atoms with Gasteiger partial charge in [0.25, 0.3) is 11.8 Å². The number of carbonyl (C=O) groups excluding carboxylic acids is 2. The molecule has 0 atom stereocenters. The van der Waals surface area contributed by atoms with Gasteiger partial charge in [0.05, 0.1) is 5.69 Å². The maximum atomic E-state index is 12.2. The van der Waals surface area contributed by atoms with Crippen LogP contribution in [0.15, 0.2) is 42.7 Å². The standard InChI is InChI=1S/C17H17N3O3/c1-2-9-20-14-4-3-13(10-15(14)23-11-16(20)21)19-17(22)12-5-7-18-8-6-12/h3-8,10H,2,9,11H2,1H3,(H,19,22). The minimum Gasteiger partial charge on any atom is -0.481 e. The van der Waals surface area contributed by atoms with Crippen molar-refractivity contribution in [1.29, 1.82) is 0 Å². The molecule has 0 saturated heterocycles. The van der Waals surface area contributed by atoms with Crippen LogP contribution in [0.1, 0.15) is 23.7 Å². The predicted molar refractivity (Wildman–Crippen MR) is 86.8 cm³/mol. The molecule has 6 heteroatoms. The average Bonchev–Trinajstić information content (AvgIpc) is 2.58. The molecule has 23 heavy (non-hydrogen) atoms. The van der Waals surface area contributed by atoms with Crippen molar-refractivity contribution in [1.82, 2.24) is 4.98 Å². The van der Waals surface area contributed by atoms with Crippen LogP contribution in [0.2, 0.25) is 0 Å². The summed E-state index contributed by atoms with van der Waals surface area (Å²) in [6.07, 6.45) is 4.00. The van der Waals surface area contributed by atoms with Gasteiger partial charge in [-0.1, -0.05) is 6.92 Å². The molecule has 0 fully saturated rings. The van der Waals surface area contributed by atoms with Crippen molar-refractivity contribution in [3.63, 3.8) is 0 Å². The highest BCUT2D eigenvalue weighted by atomic mass is 16.5. The normalized spacial score (nSPS) is 13.3. The molecule has 0 aliphatic carbocycles. The van der Waals surface area contributed by atoms with Gasteiger partial charge < -0.3 is 15.0 Å². The third kappa shape index (κ3) is 3.15. The first-order valence-corrected chi connectivity index (χ1v) is 7.47. The molecule has 0 spiro atoms. The van der Waals surface area contributed by atoms with Gasteiger partial charge in [-0.3, -0.25) is 14.6 Å². The third-order valence-electron chi connectivity index (χ3n) is 3.55. The van der Waals surface area contributed by atoms with Crippen LogP contribution in [0, 0.1) is 0 Å². The Morgan fingerprint density at radius 3 is 2.83 bits per heavy atom. The van der Waals surface area contributed by atoms with Crippen molar-refractivity contribution in [3.8, 4) is 5.75 Å². The van der Waals surface area contributed by atoms with Crippen molar-refractivity contribution in [2.75, 3.05) is 23.4 Å². The van der Waals surface area contributed by atoms with Crippen molar-refractivity contribution >= 4 is 23.2 Å². The van der Waals surface area contributed by atoms with E-state index in [1.807, 2.05) is 6.92 Å². The summed E-state index contributed by atoms with van der Waals surface area (Å²) in [5.74, 6) is 0.336. The smallest absolute Gasteiger partial charge is 0.265 e. The highest BCUT2D eigenvalue weighted by Crippen LogP contribution is 2.34. The van der Waals surface area contributed by atoms with Gasteiger partial charge >= 0.3 is 0 Å². The van der Waals surface area contributed by atoms with Gasteiger partial charge in [0.1, 0.15) is 5.75 Å². The van der Waals surface area contributed by atoms with E-state index in [0.717, 1.165) is 12.1 Å². The Hall–Kier alpha value is -2.89. The Balaban J connectivity index is 1.81. The summed E-state index contributed by atoms with van der Waals surface area (Å²) < 4.78 is 5.49. The minimum absolute atomic E-state index is 0.0226. The van der Waals surface area contributed by atoms with E-state index in [4.69, 9.17) is 4.74 Å². The van der Waals surface area contributed by atoms with Crippen LogP contribution in [-0.4, -0.2) is 29.9 Å². The van der Waals surface area contributed by atoms with Crippen molar-refractivity contribution in [3.05, 3.63) is 48.3 Å². The fourth-order valence-electron chi connectivity index (χ4n) is 2.46. The average molecular weight is 311 g/mol. The van der Waals surface area contributed by atoms with E-state index in [0.29, 0.717) is 23.5 Å². The van der Waals surface area contributed by atoms with Crippen molar-refractivity contribution in [2.45, 2.75) is 13.3 Å². The summed E-state index contributed by atoms with van der Waals surface area (Å²) in [7, 11) is 0. The van der Waals surface area contributed by atoms with Crippen molar-refractivity contribution in [2.24, 2.45) is 0 Å². The summed E-state index contributed by atoms with van der Waals surface area (Å²) >= 11 is 0. The van der Waals surface area contributed by atoms with E-state index in [-0.39, 0.29) is 18.4 Å². The summed E-state index contributed by atoms with van der Waals surface area (Å²) in [6.45, 7) is 2.69. The number of benzene rings is 1. The number of ether oxygens (including phenoxy) is 1. The Bertz CT molecular complexity index is 731. The largest absolute Gasteiger partial charge is 0.481 e. The SMILES string of the molecule is CCCN1C(=O)COc2cc(NC(=O)c3ccncc3)ccc21. The van der Waals surface area contributed by atoms with Crippen LogP contribution in [0.4, 0.5) is 11.4 Å². The van der Waals surface area contributed by atoms with Gasteiger partial charge in [0.15, 0.2) is 6.61 Å². The lowest BCUT2D eigenvalue weighted by molar-refractivity contribution is -0.121. The lowest BCUT2D eigenvalue weighted by Gasteiger charge is -2.29. The molecule has 1 aliphatic rings. The van der Waals surface area contributed by atoms with Crippen LogP contribution in [0.3, 0.4) is 0 Å². The summed E-state index contributed by atoms with van der Waals surface area (Å²) in [5, 5.41) is 2.82. The van der Waals surface area contributed by atoms with E-state index in [9.17, 15) is 9.59 Å². The number of amides is 2. The number of hydrogen-bond donors (Lipinski definition) is 1. The van der Waals surface area contributed by atoms with Crippen molar-refractivity contribution < 1.29 is 14.3 Å². The molecule has 1 aliphatic heterocycles. The number of aromatic nitrogens is 1. The monoisotopic (exact) mass is 311 g/mol. The fourth-order valence-corrected chi connectivity index (χ4v) is 2.46. The van der Waals surface area contributed by atoms with Crippen LogP contribution in [0.25, 0.3) is 0 Å². The van der Waals surface area contributed by atoms with Crippen LogP contribution in [0.5, 0.6) is 5.75 Å². The maximum absolute atomic E-state index is 12.2. The topological polar surface area (TPSA) is 71.5 Å². The molecule has 2 amide bonds. The molecule has 0 saturated carbocycles. The molecule has 2 aromatic rings. The second kappa shape index (κ2) is 6.48. The molecule has 1 aromatic carbocycles. The summed E-state index contributed by atoms with van der Waals surface area (Å²) in [4.78, 5) is 29.7. The van der Waals surface area contributed by atoms with E-state index < -0.39 is 0 Å². The quantitative estimate of drug-likeness (QED) is 0.941. The number of nitrogens with zero attached hydrogens (tertiary/aromatic N) is 2. The summed E-state index contributed by atoms with van der Waals surface area (Å²) in [5.41, 5.74) is 1.89. The number of anilines is 2. The third-order valence-corrected chi connectivity index (χ3v) is 3.55. The zero-order chi connectivity index (χ0) is 16.2. The Kier molecular flexibility index (Phi) is 4.23. The Morgan fingerprint density at radius 2 is 2.09 bits per heavy atom. The minimum atomic E-state index is -0.218. The second-order valence-electron chi connectivity index (χ2n) is 5.21. The zero-order valence-electron chi connectivity index (χ0n) is 12.8. The first kappa shape index (κ1) is 15.0. The van der Waals surface area contributed by atoms with Crippen LogP contribution < -0.4 is 15.0 Å². The number of rotatable bonds is 4. The highest BCUT2D eigenvalue weighted by molar-refractivity contribution is 6.05. The first-order chi connectivity index (χ1) is 11.2. The molecule has 118 valence electrons. The lowest BCUT2D eigenvalue weighted by Crippen LogP contribution is -2.39. The first-order valence-electron chi connectivity index (χ1n) is 7.47. The van der Waals surface area contributed by atoms with Crippen LogP contribution >= 0.6 is 0 Å². The van der Waals surface area contributed by atoms with Gasteiger partial charge in [-0.15, -0.1) is 0 Å². The number of nitrogens with one attached hydrogen (secondary N) is 1. The molecule has 0 bridgehead atoms.